The van der Waals surface area contributed by atoms with E-state index in [0.29, 0.717) is 23.6 Å². The van der Waals surface area contributed by atoms with E-state index < -0.39 is 0 Å². The van der Waals surface area contributed by atoms with Gasteiger partial charge in [0.25, 0.3) is 0 Å². The van der Waals surface area contributed by atoms with Gasteiger partial charge in [-0.2, -0.15) is 0 Å². The van der Waals surface area contributed by atoms with Crippen molar-refractivity contribution in [3.05, 3.63) is 59.9 Å². The van der Waals surface area contributed by atoms with Crippen LogP contribution in [0.25, 0.3) is 22.3 Å². The van der Waals surface area contributed by atoms with E-state index in [0.717, 1.165) is 60.7 Å². The Kier molecular flexibility index (Phi) is 5.72. The number of anilines is 2. The van der Waals surface area contributed by atoms with Crippen LogP contribution in [0.5, 0.6) is 5.75 Å². The zero-order valence-corrected chi connectivity index (χ0v) is 18.5. The van der Waals surface area contributed by atoms with Crippen LogP contribution in [0.4, 0.5) is 11.4 Å². The lowest BCUT2D eigenvalue weighted by Crippen LogP contribution is -2.43. The van der Waals surface area contributed by atoms with Gasteiger partial charge in [-0.1, -0.05) is 35.9 Å². The lowest BCUT2D eigenvalue weighted by Gasteiger charge is -2.29. The van der Waals surface area contributed by atoms with Gasteiger partial charge in [0.1, 0.15) is 5.75 Å². The quantitative estimate of drug-likeness (QED) is 0.622. The van der Waals surface area contributed by atoms with Crippen molar-refractivity contribution in [1.82, 2.24) is 10.3 Å². The number of phenols is 1. The van der Waals surface area contributed by atoms with E-state index >= 15 is 0 Å². The van der Waals surface area contributed by atoms with Crippen molar-refractivity contribution >= 4 is 28.9 Å². The Morgan fingerprint density at radius 1 is 0.969 bits per heavy atom. The molecule has 3 aromatic rings. The number of hydrogen-bond donors (Lipinski definition) is 2. The van der Waals surface area contributed by atoms with Gasteiger partial charge in [0.2, 0.25) is 5.91 Å². The number of benzene rings is 2. The molecule has 1 amide bonds. The van der Waals surface area contributed by atoms with Gasteiger partial charge in [-0.3, -0.25) is 9.78 Å². The molecule has 0 aliphatic carbocycles. The maximum Gasteiger partial charge on any atom is 0.227 e. The minimum Gasteiger partial charge on any atom is -0.507 e. The standard InChI is InChI=1S/C25H25ClN4O2/c26-22-14-17(6-7-23(22)30-10-2-5-24(30)31)20-3-1-4-21(25(20)32)18-13-19(16-28-15-18)29-11-8-27-9-12-29/h1,3-4,6-7,13-16,27,32H,2,5,8-12H2. The van der Waals surface area contributed by atoms with Crippen LogP contribution in [-0.4, -0.2) is 48.7 Å². The molecule has 3 heterocycles. The van der Waals surface area contributed by atoms with E-state index in [9.17, 15) is 9.90 Å². The highest BCUT2D eigenvalue weighted by atomic mass is 35.5. The SMILES string of the molecule is O=C1CCCN1c1ccc(-c2cccc(-c3cncc(N4CCNCC4)c3)c2O)cc1Cl. The van der Waals surface area contributed by atoms with E-state index in [-0.39, 0.29) is 11.7 Å². The number of hydrogen-bond acceptors (Lipinski definition) is 5. The third-order valence-electron chi connectivity index (χ3n) is 6.18. The summed E-state index contributed by atoms with van der Waals surface area (Å²) in [7, 11) is 0. The normalized spacial score (nSPS) is 16.6. The highest BCUT2D eigenvalue weighted by Gasteiger charge is 2.24. The number of nitrogens with one attached hydrogen (secondary N) is 1. The number of para-hydroxylation sites is 1. The van der Waals surface area contributed by atoms with Crippen LogP contribution < -0.4 is 15.1 Å². The van der Waals surface area contributed by atoms with E-state index in [1.807, 2.05) is 42.6 Å². The summed E-state index contributed by atoms with van der Waals surface area (Å²) in [6.45, 7) is 4.45. The van der Waals surface area contributed by atoms with Gasteiger partial charge >= 0.3 is 0 Å². The van der Waals surface area contributed by atoms with Crippen molar-refractivity contribution in [2.75, 3.05) is 42.5 Å². The fraction of sp³-hybridized carbons (Fsp3) is 0.280. The fourth-order valence-corrected chi connectivity index (χ4v) is 4.76. The van der Waals surface area contributed by atoms with Gasteiger partial charge in [0.05, 0.1) is 22.6 Å². The maximum absolute atomic E-state index is 12.1. The number of amides is 1. The lowest BCUT2D eigenvalue weighted by molar-refractivity contribution is -0.117. The summed E-state index contributed by atoms with van der Waals surface area (Å²) < 4.78 is 0. The van der Waals surface area contributed by atoms with E-state index in [1.165, 1.54) is 0 Å². The zero-order chi connectivity index (χ0) is 22.1. The van der Waals surface area contributed by atoms with Crippen LogP contribution in [0.1, 0.15) is 12.8 Å². The molecule has 2 aliphatic heterocycles. The van der Waals surface area contributed by atoms with Crippen molar-refractivity contribution in [3.8, 4) is 28.0 Å². The highest BCUT2D eigenvalue weighted by Crippen LogP contribution is 2.41. The first-order chi connectivity index (χ1) is 15.6. The number of nitrogens with zero attached hydrogens (tertiary/aromatic N) is 3. The van der Waals surface area contributed by atoms with Gasteiger partial charge in [0.15, 0.2) is 0 Å². The number of pyridine rings is 1. The number of carbonyl (C=O) groups is 1. The van der Waals surface area contributed by atoms with Crippen molar-refractivity contribution in [3.63, 3.8) is 0 Å². The van der Waals surface area contributed by atoms with Crippen molar-refractivity contribution in [2.45, 2.75) is 12.8 Å². The number of carbonyl (C=O) groups excluding carboxylic acids is 1. The molecule has 0 atom stereocenters. The molecule has 32 heavy (non-hydrogen) atoms. The van der Waals surface area contributed by atoms with Crippen molar-refractivity contribution < 1.29 is 9.90 Å². The second-order valence-electron chi connectivity index (χ2n) is 8.19. The monoisotopic (exact) mass is 448 g/mol. The molecule has 6 nitrogen and oxygen atoms in total. The summed E-state index contributed by atoms with van der Waals surface area (Å²) in [5, 5.41) is 15.0. The van der Waals surface area contributed by atoms with E-state index in [4.69, 9.17) is 11.6 Å². The molecule has 2 aliphatic rings. The molecule has 2 aromatic carbocycles. The summed E-state index contributed by atoms with van der Waals surface area (Å²) in [6.07, 6.45) is 5.05. The average molecular weight is 449 g/mol. The first kappa shape index (κ1) is 20.8. The first-order valence-corrected chi connectivity index (χ1v) is 11.3. The molecule has 0 spiro atoms. The topological polar surface area (TPSA) is 68.7 Å². The predicted octanol–water partition coefficient (Wildman–Crippen LogP) is 4.31. The molecular formula is C25H25ClN4O2. The molecule has 5 rings (SSSR count). The third-order valence-corrected chi connectivity index (χ3v) is 6.48. The van der Waals surface area contributed by atoms with Crippen molar-refractivity contribution in [2.24, 2.45) is 0 Å². The molecule has 0 saturated carbocycles. The maximum atomic E-state index is 12.1. The van der Waals surface area contributed by atoms with Crippen LogP contribution >= 0.6 is 11.6 Å². The van der Waals surface area contributed by atoms with Gasteiger partial charge < -0.3 is 20.2 Å². The summed E-state index contributed by atoms with van der Waals surface area (Å²) in [5.41, 5.74) is 4.86. The smallest absolute Gasteiger partial charge is 0.227 e. The Hall–Kier alpha value is -3.09. The molecule has 0 bridgehead atoms. The molecule has 164 valence electrons. The van der Waals surface area contributed by atoms with Crippen LogP contribution in [0, 0.1) is 0 Å². The van der Waals surface area contributed by atoms with Crippen molar-refractivity contribution in [1.29, 1.82) is 0 Å². The predicted molar refractivity (Wildman–Crippen MR) is 128 cm³/mol. The molecule has 7 heteroatoms. The average Bonchev–Trinajstić information content (AvgIpc) is 3.25. The summed E-state index contributed by atoms with van der Waals surface area (Å²) >= 11 is 6.54. The highest BCUT2D eigenvalue weighted by molar-refractivity contribution is 6.34. The number of phenolic OH excluding ortho intramolecular Hbond substituents is 1. The Morgan fingerprint density at radius 2 is 1.75 bits per heavy atom. The fourth-order valence-electron chi connectivity index (χ4n) is 4.48. The second-order valence-corrected chi connectivity index (χ2v) is 8.59. The number of halogens is 1. The van der Waals surface area contributed by atoms with E-state index in [1.54, 1.807) is 11.1 Å². The molecule has 0 unspecified atom stereocenters. The number of aromatic nitrogens is 1. The van der Waals surface area contributed by atoms with Gasteiger partial charge in [-0.05, 0) is 30.2 Å². The summed E-state index contributed by atoms with van der Waals surface area (Å²) in [6, 6.07) is 13.4. The largest absolute Gasteiger partial charge is 0.507 e. The Balaban J connectivity index is 1.48. The van der Waals surface area contributed by atoms with Gasteiger partial charge in [0, 0.05) is 62.0 Å². The zero-order valence-electron chi connectivity index (χ0n) is 17.7. The summed E-state index contributed by atoms with van der Waals surface area (Å²) in [4.78, 5) is 20.5. The van der Waals surface area contributed by atoms with Gasteiger partial charge in [-0.15, -0.1) is 0 Å². The molecule has 2 fully saturated rings. The molecule has 1 aromatic heterocycles. The molecular weight excluding hydrogens is 424 g/mol. The van der Waals surface area contributed by atoms with E-state index in [2.05, 4.69) is 21.3 Å². The van der Waals surface area contributed by atoms with Crippen LogP contribution in [0.15, 0.2) is 54.9 Å². The Morgan fingerprint density at radius 3 is 2.47 bits per heavy atom. The number of rotatable bonds is 4. The minimum absolute atomic E-state index is 0.0985. The van der Waals surface area contributed by atoms with Crippen LogP contribution in [0.3, 0.4) is 0 Å². The lowest BCUT2D eigenvalue weighted by atomic mass is 9.97. The number of aromatic hydroxyl groups is 1. The van der Waals surface area contributed by atoms with Crippen LogP contribution in [0.2, 0.25) is 5.02 Å². The minimum atomic E-state index is 0.0985. The molecule has 2 N–H and O–H groups in total. The number of piperazine rings is 1. The second kappa shape index (κ2) is 8.81. The molecule has 2 saturated heterocycles. The third kappa shape index (κ3) is 3.92. The Labute approximate surface area is 192 Å². The van der Waals surface area contributed by atoms with Gasteiger partial charge in [-0.25, -0.2) is 0 Å². The first-order valence-electron chi connectivity index (χ1n) is 11.0. The van der Waals surface area contributed by atoms with Crippen LogP contribution in [-0.2, 0) is 4.79 Å². The summed E-state index contributed by atoms with van der Waals surface area (Å²) in [5.74, 6) is 0.286. The Bertz CT molecular complexity index is 1160. The molecule has 0 radical (unpaired) electrons.